The molecule has 0 radical (unpaired) electrons. The lowest BCUT2D eigenvalue weighted by molar-refractivity contribution is -0.139. The van der Waals surface area contributed by atoms with Crippen LogP contribution in [0.4, 0.5) is 0 Å². The van der Waals surface area contributed by atoms with Crippen LogP contribution in [0.25, 0.3) is 11.4 Å². The second kappa shape index (κ2) is 8.59. The Labute approximate surface area is 187 Å². The first-order chi connectivity index (χ1) is 15.3. The van der Waals surface area contributed by atoms with Crippen molar-refractivity contribution >= 4 is 23.1 Å². The van der Waals surface area contributed by atoms with Crippen LogP contribution in [0, 0.1) is 13.8 Å². The fraction of sp³-hybridized carbons (Fsp3) is 0.320. The predicted molar refractivity (Wildman–Crippen MR) is 123 cm³/mol. The third kappa shape index (κ3) is 3.69. The molecule has 3 aromatic rings. The van der Waals surface area contributed by atoms with E-state index in [1.54, 1.807) is 16.2 Å². The minimum absolute atomic E-state index is 0.109. The third-order valence-electron chi connectivity index (χ3n) is 5.90. The van der Waals surface area contributed by atoms with Crippen LogP contribution in [0.2, 0.25) is 0 Å². The summed E-state index contributed by atoms with van der Waals surface area (Å²) >= 11 is 0. The minimum atomic E-state index is -0.664. The summed E-state index contributed by atoms with van der Waals surface area (Å²) in [7, 11) is 3.94. The van der Waals surface area contributed by atoms with Crippen molar-refractivity contribution in [3.8, 4) is 0 Å². The number of rotatable bonds is 6. The van der Waals surface area contributed by atoms with Gasteiger partial charge in [-0.1, -0.05) is 36.4 Å². The molecule has 0 spiro atoms. The van der Waals surface area contributed by atoms with Gasteiger partial charge in [0.1, 0.15) is 11.3 Å². The number of pyridine rings is 1. The highest BCUT2D eigenvalue weighted by Crippen LogP contribution is 2.40. The summed E-state index contributed by atoms with van der Waals surface area (Å²) in [5.41, 5.74) is 3.61. The van der Waals surface area contributed by atoms with Crippen molar-refractivity contribution in [1.29, 1.82) is 0 Å². The highest BCUT2D eigenvalue weighted by molar-refractivity contribution is 6.46. The molecule has 4 rings (SSSR count). The van der Waals surface area contributed by atoms with Crippen molar-refractivity contribution in [2.24, 2.45) is 0 Å². The van der Waals surface area contributed by atoms with E-state index in [1.807, 2.05) is 74.6 Å². The molecular weight excluding hydrogens is 404 g/mol. The van der Waals surface area contributed by atoms with Gasteiger partial charge >= 0.3 is 0 Å². The first kappa shape index (κ1) is 21.8. The number of aryl methyl sites for hydroxylation is 2. The van der Waals surface area contributed by atoms with Crippen molar-refractivity contribution in [1.82, 2.24) is 19.2 Å². The Hall–Kier alpha value is -3.45. The predicted octanol–water partition coefficient (Wildman–Crippen LogP) is 3.32. The van der Waals surface area contributed by atoms with Crippen molar-refractivity contribution < 1.29 is 14.7 Å². The normalized spacial score (nSPS) is 18.3. The molecule has 1 aliphatic rings. The average Bonchev–Trinajstić information content (AvgIpc) is 3.23. The second-order valence-corrected chi connectivity index (χ2v) is 8.49. The highest BCUT2D eigenvalue weighted by atomic mass is 16.3. The highest BCUT2D eigenvalue weighted by Gasteiger charge is 2.46. The standard InChI is InChI=1S/C25H28N4O3/c1-16-10-8-14-28-20(17(2)26-24(16)28)22(30)19-21(18-11-6-5-7-12-18)29(25(32)23(19)31)15-9-13-27(3)4/h5-8,10-12,14,21,30H,9,13,15H2,1-4H3/b22-19+. The quantitative estimate of drug-likeness (QED) is 0.367. The summed E-state index contributed by atoms with van der Waals surface area (Å²) in [4.78, 5) is 34.5. The van der Waals surface area contributed by atoms with Crippen molar-refractivity contribution in [2.75, 3.05) is 27.2 Å². The van der Waals surface area contributed by atoms with Crippen molar-refractivity contribution in [3.05, 3.63) is 76.7 Å². The first-order valence-electron chi connectivity index (χ1n) is 10.7. The molecule has 1 saturated heterocycles. The SMILES string of the molecule is Cc1nc2c(C)cccn2c1/C(O)=C1\C(=O)C(=O)N(CCCN(C)C)C1c1ccccc1. The van der Waals surface area contributed by atoms with Gasteiger partial charge in [0.2, 0.25) is 0 Å². The average molecular weight is 433 g/mol. The summed E-state index contributed by atoms with van der Waals surface area (Å²) in [5, 5.41) is 11.4. The lowest BCUT2D eigenvalue weighted by Crippen LogP contribution is -2.32. The Bertz CT molecular complexity index is 1210. The van der Waals surface area contributed by atoms with Crippen molar-refractivity contribution in [3.63, 3.8) is 0 Å². The molecule has 0 saturated carbocycles. The Morgan fingerprint density at radius 2 is 1.81 bits per heavy atom. The van der Waals surface area contributed by atoms with Crippen LogP contribution < -0.4 is 0 Å². The molecule has 3 heterocycles. The van der Waals surface area contributed by atoms with Crippen LogP contribution in [-0.2, 0) is 9.59 Å². The molecule has 1 aliphatic heterocycles. The molecule has 1 fully saturated rings. The fourth-order valence-corrected chi connectivity index (χ4v) is 4.38. The summed E-state index contributed by atoms with van der Waals surface area (Å²) < 4.78 is 1.78. The topological polar surface area (TPSA) is 78.1 Å². The van der Waals surface area contributed by atoms with E-state index >= 15 is 0 Å². The van der Waals surface area contributed by atoms with Gasteiger partial charge in [-0.3, -0.25) is 14.0 Å². The summed E-state index contributed by atoms with van der Waals surface area (Å²) in [6, 6.07) is 12.6. The van der Waals surface area contributed by atoms with Gasteiger partial charge in [-0.25, -0.2) is 4.98 Å². The Morgan fingerprint density at radius 1 is 1.09 bits per heavy atom. The molecule has 1 unspecified atom stereocenters. The zero-order valence-electron chi connectivity index (χ0n) is 18.9. The molecule has 7 nitrogen and oxygen atoms in total. The zero-order valence-corrected chi connectivity index (χ0v) is 18.9. The van der Waals surface area contributed by atoms with Crippen LogP contribution in [0.15, 0.2) is 54.2 Å². The lowest BCUT2D eigenvalue weighted by Gasteiger charge is -2.26. The van der Waals surface area contributed by atoms with Gasteiger partial charge in [0, 0.05) is 12.7 Å². The van der Waals surface area contributed by atoms with E-state index in [1.165, 1.54) is 0 Å². The Balaban J connectivity index is 1.88. The number of likely N-dealkylation sites (tertiary alicyclic amines) is 1. The van der Waals surface area contributed by atoms with Crippen molar-refractivity contribution in [2.45, 2.75) is 26.3 Å². The molecule has 166 valence electrons. The maximum absolute atomic E-state index is 13.2. The van der Waals surface area contributed by atoms with E-state index in [9.17, 15) is 14.7 Å². The number of aliphatic hydroxyl groups is 1. The number of carbonyl (C=O) groups is 2. The number of fused-ring (bicyclic) bond motifs is 1. The summed E-state index contributed by atoms with van der Waals surface area (Å²) in [6.07, 6.45) is 2.53. The number of aromatic nitrogens is 2. The summed E-state index contributed by atoms with van der Waals surface area (Å²) in [6.45, 7) is 4.95. The van der Waals surface area contributed by atoms with Gasteiger partial charge in [0.15, 0.2) is 5.76 Å². The van der Waals surface area contributed by atoms with Crippen LogP contribution >= 0.6 is 0 Å². The molecule has 1 atom stereocenters. The lowest BCUT2D eigenvalue weighted by atomic mass is 9.96. The zero-order chi connectivity index (χ0) is 23.0. The van der Waals surface area contributed by atoms with Gasteiger partial charge in [0.25, 0.3) is 11.7 Å². The molecule has 0 aliphatic carbocycles. The van der Waals surface area contributed by atoms with E-state index < -0.39 is 17.7 Å². The number of Topliss-reactive ketones (excluding diaryl/α,β-unsaturated/α-hetero) is 1. The number of hydrogen-bond acceptors (Lipinski definition) is 5. The number of carbonyl (C=O) groups excluding carboxylic acids is 2. The van der Waals surface area contributed by atoms with E-state index in [4.69, 9.17) is 0 Å². The summed E-state index contributed by atoms with van der Waals surface area (Å²) in [5.74, 6) is -1.44. The fourth-order valence-electron chi connectivity index (χ4n) is 4.38. The van der Waals surface area contributed by atoms with Gasteiger partial charge in [-0.2, -0.15) is 0 Å². The van der Waals surface area contributed by atoms with E-state index in [0.29, 0.717) is 23.6 Å². The maximum atomic E-state index is 13.2. The second-order valence-electron chi connectivity index (χ2n) is 8.49. The number of imidazole rings is 1. The van der Waals surface area contributed by atoms with E-state index in [-0.39, 0.29) is 11.3 Å². The first-order valence-corrected chi connectivity index (χ1v) is 10.7. The molecule has 2 aromatic heterocycles. The molecule has 1 N–H and O–H groups in total. The van der Waals surface area contributed by atoms with Crippen LogP contribution in [-0.4, -0.2) is 63.2 Å². The number of benzene rings is 1. The number of hydrogen-bond donors (Lipinski definition) is 1. The molecule has 32 heavy (non-hydrogen) atoms. The monoisotopic (exact) mass is 432 g/mol. The maximum Gasteiger partial charge on any atom is 0.295 e. The smallest absolute Gasteiger partial charge is 0.295 e. The van der Waals surface area contributed by atoms with E-state index in [2.05, 4.69) is 4.98 Å². The Morgan fingerprint density at radius 3 is 2.50 bits per heavy atom. The largest absolute Gasteiger partial charge is 0.505 e. The third-order valence-corrected chi connectivity index (χ3v) is 5.90. The van der Waals surface area contributed by atoms with Crippen LogP contribution in [0.1, 0.15) is 35.0 Å². The van der Waals surface area contributed by atoms with Gasteiger partial charge in [-0.05, 0) is 58.1 Å². The molecular formula is C25H28N4O3. The minimum Gasteiger partial charge on any atom is -0.505 e. The van der Waals surface area contributed by atoms with Gasteiger partial charge in [0.05, 0.1) is 17.3 Å². The van der Waals surface area contributed by atoms with Gasteiger partial charge in [-0.15, -0.1) is 0 Å². The molecule has 7 heteroatoms. The van der Waals surface area contributed by atoms with Gasteiger partial charge < -0.3 is 14.9 Å². The number of nitrogens with zero attached hydrogens (tertiary/aromatic N) is 4. The molecule has 0 bridgehead atoms. The molecule has 1 aromatic carbocycles. The van der Waals surface area contributed by atoms with Crippen LogP contribution in [0.5, 0.6) is 0 Å². The van der Waals surface area contributed by atoms with E-state index in [0.717, 1.165) is 24.1 Å². The molecule has 1 amide bonds. The number of amides is 1. The van der Waals surface area contributed by atoms with Crippen LogP contribution in [0.3, 0.4) is 0 Å². The Kier molecular flexibility index (Phi) is 5.84. The number of aliphatic hydroxyl groups excluding tert-OH is 1. The number of ketones is 1.